The van der Waals surface area contributed by atoms with Crippen molar-refractivity contribution in [2.45, 2.75) is 34.1 Å². The predicted molar refractivity (Wildman–Crippen MR) is 70.8 cm³/mol. The monoisotopic (exact) mass is 236 g/mol. The van der Waals surface area contributed by atoms with E-state index in [2.05, 4.69) is 4.99 Å². The molecule has 1 rings (SSSR count). The van der Waals surface area contributed by atoms with E-state index in [1.54, 1.807) is 6.07 Å². The van der Waals surface area contributed by atoms with Crippen molar-refractivity contribution in [3.63, 3.8) is 0 Å². The number of nitrogens with zero attached hydrogens (tertiary/aromatic N) is 1. The topological polar surface area (TPSA) is 38.4 Å². The summed E-state index contributed by atoms with van der Waals surface area (Å²) in [6, 6.07) is 4.85. The fourth-order valence-electron chi connectivity index (χ4n) is 1.47. The normalized spacial score (nSPS) is 12.9. The summed E-state index contributed by atoms with van der Waals surface area (Å²) >= 11 is 0. The molecule has 0 radical (unpaired) electrons. The lowest BCUT2D eigenvalue weighted by Gasteiger charge is -2.17. The van der Waals surface area contributed by atoms with Gasteiger partial charge in [0.15, 0.2) is 0 Å². The van der Waals surface area contributed by atoms with E-state index in [-0.39, 0.29) is 11.2 Å². The van der Waals surface area contributed by atoms with Gasteiger partial charge in [-0.2, -0.15) is 0 Å². The molecule has 0 saturated carbocycles. The minimum Gasteiger partial charge on any atom is -0.387 e. The molecule has 0 aromatic heterocycles. The number of nitrogens with two attached hydrogens (primary N) is 1. The third-order valence-electron chi connectivity index (χ3n) is 2.74. The van der Waals surface area contributed by atoms with Gasteiger partial charge in [0, 0.05) is 12.0 Å². The first-order valence-electron chi connectivity index (χ1n) is 5.86. The van der Waals surface area contributed by atoms with Crippen LogP contribution in [0.2, 0.25) is 0 Å². The molecule has 94 valence electrons. The largest absolute Gasteiger partial charge is 0.387 e. The lowest BCUT2D eigenvalue weighted by atomic mass is 9.95. The molecular weight excluding hydrogens is 215 g/mol. The third kappa shape index (κ3) is 4.17. The summed E-state index contributed by atoms with van der Waals surface area (Å²) in [5.41, 5.74) is 7.87. The van der Waals surface area contributed by atoms with E-state index in [1.807, 2.05) is 33.8 Å². The van der Waals surface area contributed by atoms with Crippen LogP contribution in [0.1, 0.15) is 31.9 Å². The SMILES string of the molecule is Cc1cc(F)ccc1CCN=C(N)C(C)(C)C. The van der Waals surface area contributed by atoms with Gasteiger partial charge in [-0.1, -0.05) is 26.8 Å². The number of halogens is 1. The van der Waals surface area contributed by atoms with Crippen molar-refractivity contribution in [2.75, 3.05) is 6.54 Å². The van der Waals surface area contributed by atoms with Crippen LogP contribution in [-0.4, -0.2) is 12.4 Å². The van der Waals surface area contributed by atoms with Gasteiger partial charge in [0.05, 0.1) is 5.84 Å². The molecule has 0 heterocycles. The zero-order valence-corrected chi connectivity index (χ0v) is 11.0. The van der Waals surface area contributed by atoms with Gasteiger partial charge in [-0.05, 0) is 36.6 Å². The molecule has 2 nitrogen and oxygen atoms in total. The summed E-state index contributed by atoms with van der Waals surface area (Å²) in [5, 5.41) is 0. The maximum atomic E-state index is 12.9. The Morgan fingerprint density at radius 3 is 2.53 bits per heavy atom. The summed E-state index contributed by atoms with van der Waals surface area (Å²) in [6.07, 6.45) is 0.795. The van der Waals surface area contributed by atoms with Gasteiger partial charge in [0.2, 0.25) is 0 Å². The fraction of sp³-hybridized carbons (Fsp3) is 0.500. The highest BCUT2D eigenvalue weighted by molar-refractivity contribution is 5.85. The number of aliphatic imine (C=N–C) groups is 1. The Bertz CT molecular complexity index is 417. The van der Waals surface area contributed by atoms with Crippen molar-refractivity contribution in [2.24, 2.45) is 16.1 Å². The Labute approximate surface area is 103 Å². The Balaban J connectivity index is 2.63. The Morgan fingerprint density at radius 2 is 2.00 bits per heavy atom. The van der Waals surface area contributed by atoms with Gasteiger partial charge in [-0.3, -0.25) is 4.99 Å². The van der Waals surface area contributed by atoms with Crippen LogP contribution in [-0.2, 0) is 6.42 Å². The molecule has 0 unspecified atom stereocenters. The number of rotatable bonds is 3. The van der Waals surface area contributed by atoms with Gasteiger partial charge in [0.1, 0.15) is 5.82 Å². The van der Waals surface area contributed by atoms with Crippen LogP contribution in [0.5, 0.6) is 0 Å². The van der Waals surface area contributed by atoms with E-state index >= 15 is 0 Å². The molecule has 0 saturated heterocycles. The summed E-state index contributed by atoms with van der Waals surface area (Å²) in [5.74, 6) is 0.473. The second-order valence-corrected chi connectivity index (χ2v) is 5.34. The van der Waals surface area contributed by atoms with Gasteiger partial charge >= 0.3 is 0 Å². The summed E-state index contributed by atoms with van der Waals surface area (Å²) in [6.45, 7) is 8.67. The number of hydrogen-bond acceptors (Lipinski definition) is 1. The maximum Gasteiger partial charge on any atom is 0.123 e. The molecule has 1 aromatic rings. The Morgan fingerprint density at radius 1 is 1.35 bits per heavy atom. The van der Waals surface area contributed by atoms with Gasteiger partial charge < -0.3 is 5.73 Å². The van der Waals surface area contributed by atoms with Crippen LogP contribution < -0.4 is 5.73 Å². The van der Waals surface area contributed by atoms with E-state index < -0.39 is 0 Å². The lowest BCUT2D eigenvalue weighted by Crippen LogP contribution is -2.29. The Hall–Kier alpha value is -1.38. The minimum absolute atomic E-state index is 0.0855. The van der Waals surface area contributed by atoms with Crippen LogP contribution in [0, 0.1) is 18.2 Å². The summed E-state index contributed by atoms with van der Waals surface area (Å²) in [7, 11) is 0. The highest BCUT2D eigenvalue weighted by Gasteiger charge is 2.14. The van der Waals surface area contributed by atoms with Crippen LogP contribution in [0.25, 0.3) is 0 Å². The molecule has 1 aromatic carbocycles. The van der Waals surface area contributed by atoms with Gasteiger partial charge in [0.25, 0.3) is 0 Å². The first-order valence-corrected chi connectivity index (χ1v) is 5.86. The van der Waals surface area contributed by atoms with Crippen LogP contribution in [0.3, 0.4) is 0 Å². The standard InChI is InChI=1S/C14H21FN2/c1-10-9-12(15)6-5-11(10)7-8-17-13(16)14(2,3)4/h5-6,9H,7-8H2,1-4H3,(H2,16,17). The quantitative estimate of drug-likeness (QED) is 0.635. The average Bonchev–Trinajstić information content (AvgIpc) is 2.19. The summed E-state index contributed by atoms with van der Waals surface area (Å²) < 4.78 is 12.9. The van der Waals surface area contributed by atoms with E-state index in [9.17, 15) is 4.39 Å². The highest BCUT2D eigenvalue weighted by atomic mass is 19.1. The number of benzene rings is 1. The van der Waals surface area contributed by atoms with Crippen molar-refractivity contribution in [3.05, 3.63) is 35.1 Å². The molecule has 0 spiro atoms. The molecule has 0 fully saturated rings. The molecule has 0 amide bonds. The molecule has 0 aliphatic rings. The lowest BCUT2D eigenvalue weighted by molar-refractivity contribution is 0.581. The van der Waals surface area contributed by atoms with Gasteiger partial charge in [-0.15, -0.1) is 0 Å². The van der Waals surface area contributed by atoms with Crippen molar-refractivity contribution in [3.8, 4) is 0 Å². The molecular formula is C14H21FN2. The van der Waals surface area contributed by atoms with Crippen molar-refractivity contribution >= 4 is 5.84 Å². The Kier molecular flexibility index (Phi) is 4.27. The smallest absolute Gasteiger partial charge is 0.123 e. The van der Waals surface area contributed by atoms with E-state index in [1.165, 1.54) is 6.07 Å². The van der Waals surface area contributed by atoms with Crippen LogP contribution in [0.4, 0.5) is 4.39 Å². The molecule has 0 aliphatic heterocycles. The van der Waals surface area contributed by atoms with Gasteiger partial charge in [-0.25, -0.2) is 4.39 Å². The second-order valence-electron chi connectivity index (χ2n) is 5.34. The molecule has 0 bridgehead atoms. The first-order chi connectivity index (χ1) is 7.80. The van der Waals surface area contributed by atoms with Crippen molar-refractivity contribution in [1.29, 1.82) is 0 Å². The van der Waals surface area contributed by atoms with Crippen LogP contribution >= 0.6 is 0 Å². The van der Waals surface area contributed by atoms with E-state index in [0.717, 1.165) is 17.5 Å². The van der Waals surface area contributed by atoms with E-state index in [0.29, 0.717) is 12.4 Å². The van der Waals surface area contributed by atoms with Crippen LogP contribution in [0.15, 0.2) is 23.2 Å². The minimum atomic E-state index is -0.191. The fourth-order valence-corrected chi connectivity index (χ4v) is 1.47. The number of aryl methyl sites for hydroxylation is 1. The van der Waals surface area contributed by atoms with E-state index in [4.69, 9.17) is 5.73 Å². The molecule has 3 heteroatoms. The third-order valence-corrected chi connectivity index (χ3v) is 2.74. The molecule has 17 heavy (non-hydrogen) atoms. The average molecular weight is 236 g/mol. The highest BCUT2D eigenvalue weighted by Crippen LogP contribution is 2.14. The summed E-state index contributed by atoms with van der Waals surface area (Å²) in [4.78, 5) is 4.35. The zero-order chi connectivity index (χ0) is 13.1. The van der Waals surface area contributed by atoms with Crippen molar-refractivity contribution < 1.29 is 4.39 Å². The first kappa shape index (κ1) is 13.7. The maximum absolute atomic E-state index is 12.9. The number of hydrogen-bond donors (Lipinski definition) is 1. The zero-order valence-electron chi connectivity index (χ0n) is 11.0. The molecule has 0 aliphatic carbocycles. The molecule has 0 atom stereocenters. The predicted octanol–water partition coefficient (Wildman–Crippen LogP) is 3.08. The molecule has 2 N–H and O–H groups in total. The second kappa shape index (κ2) is 5.30. The van der Waals surface area contributed by atoms with Crippen molar-refractivity contribution in [1.82, 2.24) is 0 Å². The number of amidine groups is 1.